The van der Waals surface area contributed by atoms with Crippen molar-refractivity contribution in [3.8, 4) is 11.6 Å². The Balaban J connectivity index is 1.66. The second kappa shape index (κ2) is 9.24. The molecular weight excluding hydrogens is 461 g/mol. The summed E-state index contributed by atoms with van der Waals surface area (Å²) in [5, 5.41) is 10.0. The monoisotopic (exact) mass is 485 g/mol. The van der Waals surface area contributed by atoms with E-state index in [1.807, 2.05) is 13.8 Å². The number of nitrogens with zero attached hydrogens (tertiary/aromatic N) is 3. The van der Waals surface area contributed by atoms with Gasteiger partial charge < -0.3 is 20.1 Å². The minimum atomic E-state index is -4.84. The van der Waals surface area contributed by atoms with Crippen LogP contribution in [0.3, 0.4) is 0 Å². The van der Waals surface area contributed by atoms with Gasteiger partial charge in [-0.2, -0.15) is 0 Å². The Bertz CT molecular complexity index is 1150. The van der Waals surface area contributed by atoms with Crippen molar-refractivity contribution in [1.82, 2.24) is 19.9 Å². The van der Waals surface area contributed by atoms with Gasteiger partial charge in [0.05, 0.1) is 24.1 Å². The lowest BCUT2D eigenvalue weighted by molar-refractivity contribution is -0.274. The Labute approximate surface area is 192 Å². The predicted molar refractivity (Wildman–Crippen MR) is 114 cm³/mol. The van der Waals surface area contributed by atoms with Gasteiger partial charge in [0, 0.05) is 24.6 Å². The molecule has 1 aromatic carbocycles. The maximum Gasteiger partial charge on any atom is 0.573 e. The number of ether oxygens (including phenoxy) is 2. The number of alkyl halides is 5. The molecule has 0 spiro atoms. The second-order valence-electron chi connectivity index (χ2n) is 8.31. The van der Waals surface area contributed by atoms with E-state index in [0.717, 1.165) is 5.69 Å². The summed E-state index contributed by atoms with van der Waals surface area (Å²) in [6.07, 6.45) is -4.49. The lowest BCUT2D eigenvalue weighted by atomic mass is 10.1. The zero-order chi connectivity index (χ0) is 24.5. The van der Waals surface area contributed by atoms with Crippen molar-refractivity contribution >= 4 is 11.3 Å². The Kier molecular flexibility index (Phi) is 6.52. The van der Waals surface area contributed by atoms with Crippen LogP contribution in [-0.2, 0) is 6.54 Å². The number of rotatable bonds is 7. The van der Waals surface area contributed by atoms with Crippen LogP contribution in [0.25, 0.3) is 5.65 Å². The Morgan fingerprint density at radius 3 is 2.74 bits per heavy atom. The maximum absolute atomic E-state index is 14.3. The minimum absolute atomic E-state index is 0.0202. The molecule has 1 aliphatic rings. The summed E-state index contributed by atoms with van der Waals surface area (Å²) in [6, 6.07) is 7.15. The molecule has 7 nitrogen and oxygen atoms in total. The fourth-order valence-electron chi connectivity index (χ4n) is 3.71. The summed E-state index contributed by atoms with van der Waals surface area (Å²) in [4.78, 5) is 4.36. The van der Waals surface area contributed by atoms with Gasteiger partial charge in [-0.05, 0) is 18.5 Å². The predicted octanol–water partition coefficient (Wildman–Crippen LogP) is 4.74. The molecule has 0 aliphatic carbocycles. The first-order valence-corrected chi connectivity index (χ1v) is 10.7. The highest BCUT2D eigenvalue weighted by Crippen LogP contribution is 2.31. The van der Waals surface area contributed by atoms with E-state index in [9.17, 15) is 22.0 Å². The molecular formula is C22H24F5N5O2. The standard InChI is InChI=1S/C22H24F5N5O2/c1-13(2)16-11-30-20-15(29-10-14-5-3-4-6-17(14)34-22(25,26)27)9-19(31-32(16)20)33-18-7-8-28-12-21(18,23)24/h3-6,9,11,13,18,28-29H,7-8,10,12H2,1-2H3. The van der Waals surface area contributed by atoms with E-state index < -0.39 is 24.9 Å². The van der Waals surface area contributed by atoms with E-state index >= 15 is 0 Å². The number of nitrogens with one attached hydrogen (secondary N) is 2. The molecule has 34 heavy (non-hydrogen) atoms. The molecule has 1 unspecified atom stereocenters. The highest BCUT2D eigenvalue weighted by atomic mass is 19.4. The van der Waals surface area contributed by atoms with Gasteiger partial charge in [-0.3, -0.25) is 0 Å². The third-order valence-electron chi connectivity index (χ3n) is 5.41. The smallest absolute Gasteiger partial charge is 0.467 e. The van der Waals surface area contributed by atoms with Crippen molar-refractivity contribution < 1.29 is 31.4 Å². The molecule has 1 aliphatic heterocycles. The number of halogens is 5. The van der Waals surface area contributed by atoms with Crippen molar-refractivity contribution in [1.29, 1.82) is 0 Å². The minimum Gasteiger partial charge on any atom is -0.467 e. The number of hydrogen-bond acceptors (Lipinski definition) is 6. The van der Waals surface area contributed by atoms with Crippen LogP contribution in [0.5, 0.6) is 11.6 Å². The summed E-state index contributed by atoms with van der Waals surface area (Å²) in [5.74, 6) is -3.44. The zero-order valence-corrected chi connectivity index (χ0v) is 18.5. The van der Waals surface area contributed by atoms with E-state index in [2.05, 4.69) is 25.5 Å². The van der Waals surface area contributed by atoms with Crippen molar-refractivity contribution in [2.24, 2.45) is 0 Å². The molecule has 4 rings (SSSR count). The maximum atomic E-state index is 14.3. The third kappa shape index (κ3) is 5.32. The lowest BCUT2D eigenvalue weighted by Gasteiger charge is -2.31. The van der Waals surface area contributed by atoms with E-state index in [-0.39, 0.29) is 36.1 Å². The molecule has 0 radical (unpaired) electrons. The van der Waals surface area contributed by atoms with E-state index in [1.165, 1.54) is 28.8 Å². The van der Waals surface area contributed by atoms with Gasteiger partial charge in [-0.1, -0.05) is 32.0 Å². The molecule has 184 valence electrons. The SMILES string of the molecule is CC(C)c1cnc2c(NCc3ccccc3OC(F)(F)F)cc(OC3CCNCC3(F)F)nn12. The van der Waals surface area contributed by atoms with Crippen LogP contribution in [0.4, 0.5) is 27.6 Å². The molecule has 0 bridgehead atoms. The normalized spacial score (nSPS) is 18.3. The van der Waals surface area contributed by atoms with Crippen LogP contribution >= 0.6 is 0 Å². The molecule has 1 fully saturated rings. The van der Waals surface area contributed by atoms with Crippen LogP contribution in [0.15, 0.2) is 36.5 Å². The van der Waals surface area contributed by atoms with Crippen molar-refractivity contribution in [3.63, 3.8) is 0 Å². The first-order chi connectivity index (χ1) is 16.0. The highest BCUT2D eigenvalue weighted by molar-refractivity contribution is 5.69. The molecule has 2 N–H and O–H groups in total. The van der Waals surface area contributed by atoms with Crippen molar-refractivity contribution in [2.45, 2.75) is 51.1 Å². The van der Waals surface area contributed by atoms with E-state index in [1.54, 1.807) is 12.3 Å². The quantitative estimate of drug-likeness (QED) is 0.471. The number of piperidine rings is 1. The van der Waals surface area contributed by atoms with Gasteiger partial charge in [-0.15, -0.1) is 18.3 Å². The van der Waals surface area contributed by atoms with Crippen LogP contribution in [0.2, 0.25) is 0 Å². The average Bonchev–Trinajstić information content (AvgIpc) is 3.18. The second-order valence-corrected chi connectivity index (χ2v) is 8.31. The topological polar surface area (TPSA) is 72.7 Å². The summed E-state index contributed by atoms with van der Waals surface area (Å²) in [5.41, 5.74) is 1.73. The third-order valence-corrected chi connectivity index (χ3v) is 5.41. The lowest BCUT2D eigenvalue weighted by Crippen LogP contribution is -2.52. The first kappa shape index (κ1) is 24.0. The first-order valence-electron chi connectivity index (χ1n) is 10.7. The fourth-order valence-corrected chi connectivity index (χ4v) is 3.71. The Morgan fingerprint density at radius 1 is 1.26 bits per heavy atom. The summed E-state index contributed by atoms with van der Waals surface area (Å²) >= 11 is 0. The van der Waals surface area contributed by atoms with E-state index in [0.29, 0.717) is 17.9 Å². The van der Waals surface area contributed by atoms with Gasteiger partial charge in [-0.25, -0.2) is 18.3 Å². The van der Waals surface area contributed by atoms with Crippen molar-refractivity contribution in [3.05, 3.63) is 47.8 Å². The number of benzene rings is 1. The number of fused-ring (bicyclic) bond motifs is 1. The van der Waals surface area contributed by atoms with Crippen molar-refractivity contribution in [2.75, 3.05) is 18.4 Å². The van der Waals surface area contributed by atoms with E-state index in [4.69, 9.17) is 4.74 Å². The average molecular weight is 485 g/mol. The van der Waals surface area contributed by atoms with Gasteiger partial charge in [0.2, 0.25) is 5.88 Å². The van der Waals surface area contributed by atoms with Gasteiger partial charge in [0.25, 0.3) is 5.92 Å². The van der Waals surface area contributed by atoms with Gasteiger partial charge in [0.15, 0.2) is 11.8 Å². The molecule has 0 amide bonds. The number of anilines is 1. The number of hydrogen-bond donors (Lipinski definition) is 2. The number of aromatic nitrogens is 3. The molecule has 3 aromatic rings. The molecule has 3 heterocycles. The van der Waals surface area contributed by atoms with Gasteiger partial charge >= 0.3 is 6.36 Å². The largest absolute Gasteiger partial charge is 0.573 e. The van der Waals surface area contributed by atoms with Gasteiger partial charge in [0.1, 0.15) is 5.75 Å². The Morgan fingerprint density at radius 2 is 2.03 bits per heavy atom. The number of imidazole rings is 1. The summed E-state index contributed by atoms with van der Waals surface area (Å²) in [6.45, 7) is 3.70. The Hall–Kier alpha value is -3.15. The molecule has 1 atom stereocenters. The highest BCUT2D eigenvalue weighted by Gasteiger charge is 2.44. The fraction of sp³-hybridized carbons (Fsp3) is 0.455. The van der Waals surface area contributed by atoms with Crippen LogP contribution < -0.4 is 20.1 Å². The molecule has 12 heteroatoms. The molecule has 0 saturated carbocycles. The van der Waals surface area contributed by atoms with Crippen LogP contribution in [0.1, 0.15) is 37.4 Å². The molecule has 1 saturated heterocycles. The van der Waals surface area contributed by atoms with Crippen LogP contribution in [-0.4, -0.2) is 46.1 Å². The zero-order valence-electron chi connectivity index (χ0n) is 18.5. The summed E-state index contributed by atoms with van der Waals surface area (Å²) in [7, 11) is 0. The number of para-hydroxylation sites is 1. The summed E-state index contributed by atoms with van der Waals surface area (Å²) < 4.78 is 78.1. The molecule has 2 aromatic heterocycles. The van der Waals surface area contributed by atoms with Crippen LogP contribution in [0, 0.1) is 0 Å².